The predicted molar refractivity (Wildman–Crippen MR) is 142 cm³/mol. The molecule has 0 N–H and O–H groups in total. The Morgan fingerprint density at radius 1 is 1.06 bits per heavy atom. The lowest BCUT2D eigenvalue weighted by molar-refractivity contribution is -0.137. The summed E-state index contributed by atoms with van der Waals surface area (Å²) in [5, 5.41) is 1.21. The van der Waals surface area contributed by atoms with E-state index in [0.29, 0.717) is 26.4 Å². The van der Waals surface area contributed by atoms with Gasteiger partial charge in [-0.1, -0.05) is 51.1 Å². The highest BCUT2D eigenvalue weighted by atomic mass is 28.4. The molecule has 3 rings (SSSR count). The molecule has 0 fully saturated rings. The van der Waals surface area contributed by atoms with Gasteiger partial charge in [0.15, 0.2) is 8.32 Å². The smallest absolute Gasteiger partial charge is 0.330 e. The summed E-state index contributed by atoms with van der Waals surface area (Å²) in [6.45, 7) is 15.3. The van der Waals surface area contributed by atoms with E-state index in [2.05, 4.69) is 62.7 Å². The van der Waals surface area contributed by atoms with Crippen molar-refractivity contribution in [1.29, 1.82) is 0 Å². The van der Waals surface area contributed by atoms with Crippen LogP contribution in [-0.2, 0) is 27.1 Å². The summed E-state index contributed by atoms with van der Waals surface area (Å²) in [7, 11) is -1.85. The fraction of sp³-hybridized carbons (Fsp3) is 0.393. The van der Waals surface area contributed by atoms with Gasteiger partial charge in [0, 0.05) is 29.2 Å². The summed E-state index contributed by atoms with van der Waals surface area (Å²) in [6, 6.07) is 18.3. The zero-order valence-electron chi connectivity index (χ0n) is 21.3. The largest absolute Gasteiger partial charge is 0.489 e. The first kappa shape index (κ1) is 25.8. The van der Waals surface area contributed by atoms with E-state index in [4.69, 9.17) is 13.9 Å². The molecule has 182 valence electrons. The summed E-state index contributed by atoms with van der Waals surface area (Å²) < 4.78 is 19.7. The molecule has 0 amide bonds. The number of nitrogens with zero attached hydrogens (tertiary/aromatic N) is 1. The molecule has 0 saturated heterocycles. The summed E-state index contributed by atoms with van der Waals surface area (Å²) in [4.78, 5) is 11.9. The number of hydrogen-bond acceptors (Lipinski definition) is 4. The Morgan fingerprint density at radius 2 is 1.79 bits per heavy atom. The highest BCUT2D eigenvalue weighted by molar-refractivity contribution is 6.74. The maximum atomic E-state index is 11.9. The van der Waals surface area contributed by atoms with Gasteiger partial charge in [-0.25, -0.2) is 4.79 Å². The third-order valence-corrected chi connectivity index (χ3v) is 11.0. The second-order valence-corrected chi connectivity index (χ2v) is 14.7. The van der Waals surface area contributed by atoms with Crippen LogP contribution in [0.25, 0.3) is 17.0 Å². The van der Waals surface area contributed by atoms with Gasteiger partial charge in [-0.3, -0.25) is 0 Å². The maximum absolute atomic E-state index is 11.9. The van der Waals surface area contributed by atoms with Crippen molar-refractivity contribution in [3.05, 3.63) is 71.9 Å². The van der Waals surface area contributed by atoms with Crippen LogP contribution in [0.3, 0.4) is 0 Å². The molecule has 0 aliphatic rings. The average Bonchev–Trinajstić information content (AvgIpc) is 3.13. The van der Waals surface area contributed by atoms with Crippen molar-refractivity contribution in [1.82, 2.24) is 4.57 Å². The van der Waals surface area contributed by atoms with Crippen LogP contribution in [0.4, 0.5) is 0 Å². The Balaban J connectivity index is 1.84. The van der Waals surface area contributed by atoms with E-state index < -0.39 is 8.32 Å². The van der Waals surface area contributed by atoms with Crippen molar-refractivity contribution in [3.63, 3.8) is 0 Å². The number of fused-ring (bicyclic) bond motifs is 1. The topological polar surface area (TPSA) is 49.7 Å². The lowest BCUT2D eigenvalue weighted by atomic mass is 10.2. The number of carbonyl (C=O) groups excluding carboxylic acids is 1. The van der Waals surface area contributed by atoms with Gasteiger partial charge in [0.05, 0.1) is 13.2 Å². The number of hydrogen-bond donors (Lipinski definition) is 0. The molecule has 0 radical (unpaired) electrons. The van der Waals surface area contributed by atoms with Crippen LogP contribution >= 0.6 is 0 Å². The fourth-order valence-corrected chi connectivity index (χ4v) is 4.48. The van der Waals surface area contributed by atoms with Crippen LogP contribution in [0.5, 0.6) is 5.75 Å². The van der Waals surface area contributed by atoms with Crippen molar-refractivity contribution >= 4 is 31.3 Å². The Bertz CT molecular complexity index is 1130. The number of rotatable bonds is 10. The SMILES string of the molecule is CCOC(=O)/C=C/c1cc2cc(OCc3ccccc3)ccc2n1CCO[Si](C)(C)C(C)(C)C. The van der Waals surface area contributed by atoms with Crippen LogP contribution < -0.4 is 4.74 Å². The first-order valence-electron chi connectivity index (χ1n) is 11.9. The van der Waals surface area contributed by atoms with Crippen LogP contribution in [0.2, 0.25) is 18.1 Å². The van der Waals surface area contributed by atoms with E-state index in [1.54, 1.807) is 6.92 Å². The second kappa shape index (κ2) is 11.1. The Hall–Kier alpha value is -2.83. The van der Waals surface area contributed by atoms with Crippen molar-refractivity contribution < 1.29 is 18.7 Å². The highest BCUT2D eigenvalue weighted by Gasteiger charge is 2.36. The van der Waals surface area contributed by atoms with Crippen LogP contribution in [-0.4, -0.2) is 32.1 Å². The van der Waals surface area contributed by atoms with Crippen LogP contribution in [0.1, 0.15) is 39.0 Å². The van der Waals surface area contributed by atoms with Crippen molar-refractivity contribution in [2.75, 3.05) is 13.2 Å². The molecule has 0 aliphatic carbocycles. The van der Waals surface area contributed by atoms with Crippen molar-refractivity contribution in [2.24, 2.45) is 0 Å². The molecule has 0 unspecified atom stereocenters. The second-order valence-electron chi connectivity index (χ2n) is 9.91. The van der Waals surface area contributed by atoms with Gasteiger partial charge < -0.3 is 18.5 Å². The average molecular weight is 480 g/mol. The van der Waals surface area contributed by atoms with Gasteiger partial charge >= 0.3 is 5.97 Å². The first-order chi connectivity index (χ1) is 16.1. The van der Waals surface area contributed by atoms with Crippen molar-refractivity contribution in [3.8, 4) is 5.75 Å². The number of ether oxygens (including phenoxy) is 2. The summed E-state index contributed by atoms with van der Waals surface area (Å²) in [5.41, 5.74) is 3.14. The molecule has 0 atom stereocenters. The number of aromatic nitrogens is 1. The van der Waals surface area contributed by atoms with Crippen LogP contribution in [0, 0.1) is 0 Å². The fourth-order valence-electron chi connectivity index (χ4n) is 3.44. The minimum atomic E-state index is -1.85. The standard InChI is InChI=1S/C28H37NO4Si/c1-7-31-27(30)16-13-24-19-23-20-25(32-21-22-11-9-8-10-12-22)14-15-26(23)29(24)17-18-33-34(5,6)28(2,3)4/h8-16,19-20H,7,17-18,21H2,1-6H3/b16-13+. The monoisotopic (exact) mass is 479 g/mol. The molecule has 34 heavy (non-hydrogen) atoms. The van der Waals surface area contributed by atoms with Gasteiger partial charge in [0.2, 0.25) is 0 Å². The number of esters is 1. The summed E-state index contributed by atoms with van der Waals surface area (Å²) >= 11 is 0. The number of carbonyl (C=O) groups is 1. The van der Waals surface area contributed by atoms with Gasteiger partial charge in [-0.05, 0) is 61.0 Å². The van der Waals surface area contributed by atoms with E-state index in [1.165, 1.54) is 6.08 Å². The van der Waals surface area contributed by atoms with Crippen LogP contribution in [0.15, 0.2) is 60.7 Å². The third kappa shape index (κ3) is 6.61. The molecule has 2 aromatic carbocycles. The molecule has 1 aromatic heterocycles. The lowest BCUT2D eigenvalue weighted by Gasteiger charge is -2.36. The number of benzene rings is 2. The Labute approximate surface area is 204 Å². The molecule has 5 nitrogen and oxygen atoms in total. The lowest BCUT2D eigenvalue weighted by Crippen LogP contribution is -2.41. The maximum Gasteiger partial charge on any atom is 0.330 e. The van der Waals surface area contributed by atoms with Gasteiger partial charge in [-0.15, -0.1) is 0 Å². The quantitative estimate of drug-likeness (QED) is 0.182. The van der Waals surface area contributed by atoms with Gasteiger partial charge in [0.25, 0.3) is 0 Å². The minimum absolute atomic E-state index is 0.156. The Morgan fingerprint density at radius 3 is 2.47 bits per heavy atom. The molecule has 0 aliphatic heterocycles. The van der Waals surface area contributed by atoms with Gasteiger partial charge in [-0.2, -0.15) is 0 Å². The molecular formula is C28H37NO4Si. The highest BCUT2D eigenvalue weighted by Crippen LogP contribution is 2.36. The van der Waals surface area contributed by atoms with E-state index in [1.807, 2.05) is 36.4 Å². The normalized spacial score (nSPS) is 12.4. The zero-order chi connectivity index (χ0) is 24.8. The Kier molecular flexibility index (Phi) is 8.39. The molecule has 0 spiro atoms. The zero-order valence-corrected chi connectivity index (χ0v) is 22.3. The predicted octanol–water partition coefficient (Wildman–Crippen LogP) is 6.82. The molecule has 0 bridgehead atoms. The van der Waals surface area contributed by atoms with E-state index >= 15 is 0 Å². The third-order valence-electron chi connectivity index (χ3n) is 6.41. The molecular weight excluding hydrogens is 442 g/mol. The summed E-state index contributed by atoms with van der Waals surface area (Å²) in [6.07, 6.45) is 3.30. The van der Waals surface area contributed by atoms with E-state index in [9.17, 15) is 4.79 Å². The van der Waals surface area contributed by atoms with Gasteiger partial charge in [0.1, 0.15) is 12.4 Å². The minimum Gasteiger partial charge on any atom is -0.489 e. The van der Waals surface area contributed by atoms with Crippen molar-refractivity contribution in [2.45, 2.75) is 59.0 Å². The molecule has 3 aromatic rings. The summed E-state index contributed by atoms with van der Waals surface area (Å²) in [5.74, 6) is 0.468. The first-order valence-corrected chi connectivity index (χ1v) is 14.8. The molecule has 1 heterocycles. The molecule has 0 saturated carbocycles. The molecule has 6 heteroatoms. The van der Waals surface area contributed by atoms with E-state index in [-0.39, 0.29) is 11.0 Å². The van der Waals surface area contributed by atoms with E-state index in [0.717, 1.165) is 27.9 Å².